The second-order valence-corrected chi connectivity index (χ2v) is 8.35. The molecule has 2 aromatic carbocycles. The molecule has 2 aromatic rings. The van der Waals surface area contributed by atoms with Crippen LogP contribution in [0, 0.1) is 0 Å². The average Bonchev–Trinajstić information content (AvgIpc) is 2.80. The van der Waals surface area contributed by atoms with Gasteiger partial charge in [-0.1, -0.05) is 45.9 Å². The molecule has 0 aliphatic rings. The Hall–Kier alpha value is -2.98. The summed E-state index contributed by atoms with van der Waals surface area (Å²) in [6, 6.07) is 13.9. The largest absolute Gasteiger partial charge is 0.465 e. The normalized spacial score (nSPS) is 10.2. The first-order chi connectivity index (χ1) is 15.5. The lowest BCUT2D eigenvalue weighted by Crippen LogP contribution is -2.31. The van der Waals surface area contributed by atoms with Crippen LogP contribution in [0.15, 0.2) is 58.3 Å². The Labute approximate surface area is 194 Å². The van der Waals surface area contributed by atoms with Crippen LogP contribution in [-0.4, -0.2) is 50.1 Å². The number of rotatable bonds is 11. The maximum absolute atomic E-state index is 12.5. The van der Waals surface area contributed by atoms with Gasteiger partial charge >= 0.3 is 11.9 Å². The van der Waals surface area contributed by atoms with Crippen LogP contribution >= 0.6 is 21.6 Å². The van der Waals surface area contributed by atoms with Crippen LogP contribution in [0.2, 0.25) is 0 Å². The van der Waals surface area contributed by atoms with Gasteiger partial charge in [0.1, 0.15) is 13.1 Å². The number of amides is 2. The average molecular weight is 477 g/mol. The Bertz CT molecular complexity index is 889. The fourth-order valence-electron chi connectivity index (χ4n) is 2.46. The Morgan fingerprint density at radius 1 is 0.688 bits per heavy atom. The zero-order chi connectivity index (χ0) is 23.3. The van der Waals surface area contributed by atoms with Gasteiger partial charge in [0.15, 0.2) is 0 Å². The number of carbonyl (C=O) groups is 4. The Kier molecular flexibility index (Phi) is 10.6. The monoisotopic (exact) mass is 476 g/mol. The number of esters is 2. The third-order valence-corrected chi connectivity index (χ3v) is 6.36. The topological polar surface area (TPSA) is 111 Å². The van der Waals surface area contributed by atoms with Crippen molar-refractivity contribution in [1.29, 1.82) is 0 Å². The lowest BCUT2D eigenvalue weighted by Gasteiger charge is -2.11. The summed E-state index contributed by atoms with van der Waals surface area (Å²) in [5.74, 6) is -1.82. The van der Waals surface area contributed by atoms with E-state index in [9.17, 15) is 19.2 Å². The van der Waals surface area contributed by atoms with Crippen molar-refractivity contribution in [3.63, 3.8) is 0 Å². The number of benzene rings is 2. The van der Waals surface area contributed by atoms with Crippen molar-refractivity contribution >= 4 is 45.3 Å². The summed E-state index contributed by atoms with van der Waals surface area (Å²) < 4.78 is 9.64. The molecular formula is C22H24N2O6S2. The van der Waals surface area contributed by atoms with Crippen LogP contribution in [0.4, 0.5) is 0 Å². The van der Waals surface area contributed by atoms with E-state index in [4.69, 9.17) is 9.47 Å². The molecule has 0 aromatic heterocycles. The molecule has 8 nitrogen and oxygen atoms in total. The number of carbonyl (C=O) groups excluding carboxylic acids is 4. The molecular weight excluding hydrogens is 452 g/mol. The van der Waals surface area contributed by atoms with Gasteiger partial charge in [0, 0.05) is 9.79 Å². The van der Waals surface area contributed by atoms with Crippen LogP contribution in [-0.2, 0) is 19.1 Å². The first-order valence-corrected chi connectivity index (χ1v) is 12.0. The van der Waals surface area contributed by atoms with Gasteiger partial charge in [0.2, 0.25) is 0 Å². The van der Waals surface area contributed by atoms with Crippen LogP contribution in [0.5, 0.6) is 0 Å². The molecule has 10 heteroatoms. The summed E-state index contributed by atoms with van der Waals surface area (Å²) in [6.45, 7) is 3.43. The number of hydrogen-bond donors (Lipinski definition) is 2. The highest BCUT2D eigenvalue weighted by molar-refractivity contribution is 8.76. The molecule has 2 N–H and O–H groups in total. The third kappa shape index (κ3) is 7.93. The minimum Gasteiger partial charge on any atom is -0.465 e. The van der Waals surface area contributed by atoms with E-state index in [1.807, 2.05) is 0 Å². The molecule has 0 bridgehead atoms. The first kappa shape index (κ1) is 25.3. The molecule has 0 saturated carbocycles. The molecule has 0 aliphatic carbocycles. The van der Waals surface area contributed by atoms with E-state index < -0.39 is 23.8 Å². The van der Waals surface area contributed by atoms with Crippen molar-refractivity contribution in [3.05, 3.63) is 59.7 Å². The fraction of sp³-hybridized carbons (Fsp3) is 0.273. The van der Waals surface area contributed by atoms with Gasteiger partial charge in [0.05, 0.1) is 24.3 Å². The maximum atomic E-state index is 12.5. The molecule has 0 radical (unpaired) electrons. The minimum absolute atomic E-state index is 0.220. The summed E-state index contributed by atoms with van der Waals surface area (Å²) in [5, 5.41) is 5.09. The van der Waals surface area contributed by atoms with Crippen molar-refractivity contribution in [2.45, 2.75) is 23.6 Å². The Balaban J connectivity index is 2.05. The van der Waals surface area contributed by atoms with Crippen LogP contribution in [0.25, 0.3) is 0 Å². The molecule has 0 heterocycles. The minimum atomic E-state index is -0.511. The highest BCUT2D eigenvalue weighted by Gasteiger charge is 2.16. The first-order valence-electron chi connectivity index (χ1n) is 9.86. The van der Waals surface area contributed by atoms with Gasteiger partial charge in [-0.15, -0.1) is 0 Å². The Morgan fingerprint density at radius 3 is 1.44 bits per heavy atom. The van der Waals surface area contributed by atoms with Crippen LogP contribution in [0.1, 0.15) is 34.6 Å². The molecule has 0 unspecified atom stereocenters. The fourth-order valence-corrected chi connectivity index (χ4v) is 4.82. The zero-order valence-corrected chi connectivity index (χ0v) is 19.3. The molecule has 2 amide bonds. The van der Waals surface area contributed by atoms with Crippen molar-refractivity contribution < 1.29 is 28.7 Å². The summed E-state index contributed by atoms with van der Waals surface area (Å²) in [5.41, 5.74) is 0.803. The van der Waals surface area contributed by atoms with Gasteiger partial charge in [-0.3, -0.25) is 19.2 Å². The molecule has 170 valence electrons. The van der Waals surface area contributed by atoms with E-state index in [0.717, 1.165) is 0 Å². The van der Waals surface area contributed by atoms with E-state index in [1.54, 1.807) is 62.4 Å². The maximum Gasteiger partial charge on any atom is 0.325 e. The van der Waals surface area contributed by atoms with Gasteiger partial charge in [-0.2, -0.15) is 0 Å². The van der Waals surface area contributed by atoms with E-state index in [2.05, 4.69) is 10.6 Å². The second-order valence-electron chi connectivity index (χ2n) is 6.13. The van der Waals surface area contributed by atoms with Crippen molar-refractivity contribution in [3.8, 4) is 0 Å². The lowest BCUT2D eigenvalue weighted by molar-refractivity contribution is -0.142. The number of ether oxygens (including phenoxy) is 2. The van der Waals surface area contributed by atoms with E-state index in [1.165, 1.54) is 21.6 Å². The molecule has 0 atom stereocenters. The lowest BCUT2D eigenvalue weighted by atomic mass is 10.2. The molecule has 0 saturated heterocycles. The summed E-state index contributed by atoms with van der Waals surface area (Å²) in [7, 11) is 2.61. The van der Waals surface area contributed by atoms with Crippen molar-refractivity contribution in [1.82, 2.24) is 10.6 Å². The predicted molar refractivity (Wildman–Crippen MR) is 123 cm³/mol. The van der Waals surface area contributed by atoms with Gasteiger partial charge in [0.25, 0.3) is 11.8 Å². The summed E-state index contributed by atoms with van der Waals surface area (Å²) in [4.78, 5) is 49.4. The molecule has 0 aliphatic heterocycles. The number of hydrogen-bond acceptors (Lipinski definition) is 8. The van der Waals surface area contributed by atoms with Crippen molar-refractivity contribution in [2.24, 2.45) is 0 Å². The molecule has 0 fully saturated rings. The van der Waals surface area contributed by atoms with Crippen molar-refractivity contribution in [2.75, 3.05) is 26.3 Å². The van der Waals surface area contributed by atoms with E-state index in [-0.39, 0.29) is 26.3 Å². The SMILES string of the molecule is CCOC(=O)CNC(=O)c1ccccc1SSc1ccccc1C(=O)NCC(=O)OCC. The Morgan fingerprint density at radius 2 is 1.06 bits per heavy atom. The predicted octanol–water partition coefficient (Wildman–Crippen LogP) is 3.07. The highest BCUT2D eigenvalue weighted by atomic mass is 33.1. The number of nitrogens with one attached hydrogen (secondary N) is 2. The smallest absolute Gasteiger partial charge is 0.325 e. The van der Waals surface area contributed by atoms with E-state index >= 15 is 0 Å². The van der Waals surface area contributed by atoms with Gasteiger partial charge in [-0.25, -0.2) is 0 Å². The quantitative estimate of drug-likeness (QED) is 0.376. The van der Waals surface area contributed by atoms with Gasteiger partial charge < -0.3 is 20.1 Å². The van der Waals surface area contributed by atoms with Crippen LogP contribution in [0.3, 0.4) is 0 Å². The molecule has 2 rings (SSSR count). The van der Waals surface area contributed by atoms with Crippen LogP contribution < -0.4 is 10.6 Å². The highest BCUT2D eigenvalue weighted by Crippen LogP contribution is 2.40. The second kappa shape index (κ2) is 13.4. The molecule has 0 spiro atoms. The zero-order valence-electron chi connectivity index (χ0n) is 17.7. The third-order valence-electron chi connectivity index (χ3n) is 3.88. The van der Waals surface area contributed by atoms with E-state index in [0.29, 0.717) is 20.9 Å². The molecule has 32 heavy (non-hydrogen) atoms. The standard InChI is InChI=1S/C22H24N2O6S2/c1-3-29-19(25)13-23-21(27)15-9-5-7-11-17(15)31-32-18-12-8-6-10-16(18)22(28)24-14-20(26)30-4-2/h5-12H,3-4,13-14H2,1-2H3,(H,23,27)(H,24,28). The van der Waals surface area contributed by atoms with Gasteiger partial charge in [-0.05, 0) is 38.1 Å². The summed E-state index contributed by atoms with van der Waals surface area (Å²) in [6.07, 6.45) is 0. The summed E-state index contributed by atoms with van der Waals surface area (Å²) >= 11 is 0.